The van der Waals surface area contributed by atoms with E-state index in [1.165, 1.54) is 31.0 Å². The van der Waals surface area contributed by atoms with Crippen LogP contribution in [0.5, 0.6) is 0 Å². The molecule has 0 radical (unpaired) electrons. The van der Waals surface area contributed by atoms with Crippen LogP contribution in [0.15, 0.2) is 22.3 Å². The molecule has 1 fully saturated rings. The Bertz CT molecular complexity index is 674. The predicted molar refractivity (Wildman–Crippen MR) is 78.0 cm³/mol. The molecular formula is C13H13ClN6S. The van der Waals surface area contributed by atoms with E-state index in [2.05, 4.69) is 20.5 Å². The summed E-state index contributed by atoms with van der Waals surface area (Å²) in [4.78, 5) is 4.21. The Morgan fingerprint density at radius 3 is 2.86 bits per heavy atom. The SMILES string of the molecule is N#Cc1nc(Sc2nnnn2C2CCCCC2)ccc1Cl. The minimum atomic E-state index is 0.221. The Balaban J connectivity index is 1.82. The molecule has 0 spiro atoms. The van der Waals surface area contributed by atoms with Gasteiger partial charge in [-0.1, -0.05) is 30.9 Å². The lowest BCUT2D eigenvalue weighted by Gasteiger charge is -2.21. The zero-order valence-electron chi connectivity index (χ0n) is 11.2. The molecular weight excluding hydrogens is 308 g/mol. The standard InChI is InChI=1S/C13H13ClN6S/c14-10-6-7-12(16-11(10)8-15)21-13-17-18-19-20(13)9-4-2-1-3-5-9/h6-7,9H,1-5H2. The van der Waals surface area contributed by atoms with Crippen LogP contribution in [0.25, 0.3) is 0 Å². The first-order valence-electron chi connectivity index (χ1n) is 6.80. The second kappa shape index (κ2) is 6.41. The highest BCUT2D eigenvalue weighted by atomic mass is 35.5. The maximum atomic E-state index is 8.98. The maximum absolute atomic E-state index is 8.98. The minimum absolute atomic E-state index is 0.221. The van der Waals surface area contributed by atoms with Crippen LogP contribution in [-0.2, 0) is 0 Å². The van der Waals surface area contributed by atoms with Crippen LogP contribution in [0.2, 0.25) is 5.02 Å². The summed E-state index contributed by atoms with van der Waals surface area (Å²) >= 11 is 7.25. The van der Waals surface area contributed by atoms with Crippen molar-refractivity contribution >= 4 is 23.4 Å². The van der Waals surface area contributed by atoms with Gasteiger partial charge in [0.1, 0.15) is 11.1 Å². The van der Waals surface area contributed by atoms with Gasteiger partial charge in [0.2, 0.25) is 5.16 Å². The lowest BCUT2D eigenvalue weighted by atomic mass is 9.96. The fourth-order valence-corrected chi connectivity index (χ4v) is 3.42. The largest absolute Gasteiger partial charge is 0.229 e. The zero-order valence-corrected chi connectivity index (χ0v) is 12.8. The molecule has 0 aliphatic heterocycles. The van der Waals surface area contributed by atoms with Crippen molar-refractivity contribution < 1.29 is 0 Å². The van der Waals surface area contributed by atoms with Crippen molar-refractivity contribution in [2.24, 2.45) is 0 Å². The highest BCUT2D eigenvalue weighted by Gasteiger charge is 2.21. The summed E-state index contributed by atoms with van der Waals surface area (Å²) in [6.07, 6.45) is 5.93. The van der Waals surface area contributed by atoms with Crippen molar-refractivity contribution in [3.63, 3.8) is 0 Å². The molecule has 108 valence electrons. The third-order valence-corrected chi connectivity index (χ3v) is 4.70. The van der Waals surface area contributed by atoms with Gasteiger partial charge < -0.3 is 0 Å². The number of tetrazole rings is 1. The second-order valence-electron chi connectivity index (χ2n) is 4.89. The number of pyridine rings is 1. The first-order chi connectivity index (χ1) is 10.3. The molecule has 8 heteroatoms. The molecule has 21 heavy (non-hydrogen) atoms. The van der Waals surface area contributed by atoms with Crippen molar-refractivity contribution in [2.45, 2.75) is 48.3 Å². The molecule has 0 unspecified atom stereocenters. The molecule has 0 aromatic carbocycles. The predicted octanol–water partition coefficient (Wildman–Crippen LogP) is 3.25. The maximum Gasteiger partial charge on any atom is 0.215 e. The van der Waals surface area contributed by atoms with Gasteiger partial charge in [-0.15, -0.1) is 5.10 Å². The van der Waals surface area contributed by atoms with Crippen LogP contribution < -0.4 is 0 Å². The Morgan fingerprint density at radius 1 is 1.29 bits per heavy atom. The summed E-state index contributed by atoms with van der Waals surface area (Å²) in [5, 5.41) is 22.7. The van der Waals surface area contributed by atoms with Crippen LogP contribution in [0, 0.1) is 11.3 Å². The van der Waals surface area contributed by atoms with E-state index in [1.54, 1.807) is 12.1 Å². The van der Waals surface area contributed by atoms with Gasteiger partial charge in [0.25, 0.3) is 0 Å². The Kier molecular flexibility index (Phi) is 4.36. The molecule has 1 saturated carbocycles. The molecule has 0 amide bonds. The molecule has 6 nitrogen and oxygen atoms in total. The lowest BCUT2D eigenvalue weighted by molar-refractivity contribution is 0.307. The van der Waals surface area contributed by atoms with E-state index in [-0.39, 0.29) is 5.69 Å². The summed E-state index contributed by atoms with van der Waals surface area (Å²) in [6.45, 7) is 0. The first-order valence-corrected chi connectivity index (χ1v) is 8.00. The van der Waals surface area contributed by atoms with Crippen molar-refractivity contribution in [2.75, 3.05) is 0 Å². The van der Waals surface area contributed by atoms with Gasteiger partial charge in [0.15, 0.2) is 5.69 Å². The summed E-state index contributed by atoms with van der Waals surface area (Å²) in [6, 6.07) is 5.78. The fraction of sp³-hybridized carbons (Fsp3) is 0.462. The number of halogens is 1. The van der Waals surface area contributed by atoms with E-state index in [0.717, 1.165) is 12.8 Å². The molecule has 0 bridgehead atoms. The average molecular weight is 321 g/mol. The van der Waals surface area contributed by atoms with Gasteiger partial charge in [-0.25, -0.2) is 9.67 Å². The molecule has 2 aromatic rings. The number of aromatic nitrogens is 5. The first kappa shape index (κ1) is 14.3. The normalized spacial score (nSPS) is 15.8. The highest BCUT2D eigenvalue weighted by Crippen LogP contribution is 2.32. The average Bonchev–Trinajstić information content (AvgIpc) is 2.98. The molecule has 2 heterocycles. The molecule has 0 atom stereocenters. The smallest absolute Gasteiger partial charge is 0.215 e. The number of hydrogen-bond donors (Lipinski definition) is 0. The van der Waals surface area contributed by atoms with E-state index in [9.17, 15) is 0 Å². The van der Waals surface area contributed by atoms with Gasteiger partial charge in [0, 0.05) is 0 Å². The van der Waals surface area contributed by atoms with Gasteiger partial charge in [-0.2, -0.15) is 5.26 Å². The lowest BCUT2D eigenvalue weighted by Crippen LogP contribution is -2.15. The minimum Gasteiger partial charge on any atom is -0.229 e. The van der Waals surface area contributed by atoms with Crippen molar-refractivity contribution in [3.8, 4) is 6.07 Å². The van der Waals surface area contributed by atoms with Gasteiger partial charge >= 0.3 is 0 Å². The van der Waals surface area contributed by atoms with Crippen molar-refractivity contribution in [3.05, 3.63) is 22.8 Å². The Hall–Kier alpha value is -1.65. The third-order valence-electron chi connectivity index (χ3n) is 3.51. The van der Waals surface area contributed by atoms with Crippen molar-refractivity contribution in [1.29, 1.82) is 5.26 Å². The van der Waals surface area contributed by atoms with Gasteiger partial charge in [0.05, 0.1) is 11.1 Å². The second-order valence-corrected chi connectivity index (χ2v) is 6.29. The Labute approximate surface area is 131 Å². The third kappa shape index (κ3) is 3.17. The van der Waals surface area contributed by atoms with Crippen LogP contribution in [0.3, 0.4) is 0 Å². The van der Waals surface area contributed by atoms with E-state index < -0.39 is 0 Å². The van der Waals surface area contributed by atoms with Crippen LogP contribution in [0.4, 0.5) is 0 Å². The van der Waals surface area contributed by atoms with Crippen LogP contribution in [0.1, 0.15) is 43.8 Å². The highest BCUT2D eigenvalue weighted by molar-refractivity contribution is 7.99. The quantitative estimate of drug-likeness (QED) is 0.863. The monoisotopic (exact) mass is 320 g/mol. The van der Waals surface area contributed by atoms with E-state index >= 15 is 0 Å². The number of nitriles is 1. The number of hydrogen-bond acceptors (Lipinski definition) is 6. The molecule has 1 aliphatic carbocycles. The zero-order chi connectivity index (χ0) is 14.7. The summed E-state index contributed by atoms with van der Waals surface area (Å²) in [5.74, 6) is 0. The fourth-order valence-electron chi connectivity index (χ4n) is 2.46. The molecule has 1 aliphatic rings. The summed E-state index contributed by atoms with van der Waals surface area (Å²) in [7, 11) is 0. The van der Waals surface area contributed by atoms with Gasteiger partial charge in [-0.3, -0.25) is 0 Å². The summed E-state index contributed by atoms with van der Waals surface area (Å²) < 4.78 is 1.88. The molecule has 0 N–H and O–H groups in total. The van der Waals surface area contributed by atoms with Crippen molar-refractivity contribution in [1.82, 2.24) is 25.2 Å². The number of nitrogens with zero attached hydrogens (tertiary/aromatic N) is 6. The number of rotatable bonds is 3. The summed E-state index contributed by atoms with van der Waals surface area (Å²) in [5.41, 5.74) is 0.221. The Morgan fingerprint density at radius 2 is 2.10 bits per heavy atom. The van der Waals surface area contributed by atoms with Gasteiger partial charge in [-0.05, 0) is 47.2 Å². The molecule has 3 rings (SSSR count). The molecule has 0 saturated heterocycles. The van der Waals surface area contributed by atoms with E-state index in [0.29, 0.717) is 21.2 Å². The topological polar surface area (TPSA) is 80.3 Å². The van der Waals surface area contributed by atoms with Crippen LogP contribution in [-0.4, -0.2) is 25.2 Å². The van der Waals surface area contributed by atoms with E-state index in [1.807, 2.05) is 10.8 Å². The van der Waals surface area contributed by atoms with Crippen LogP contribution >= 0.6 is 23.4 Å². The molecule has 2 aromatic heterocycles. The van der Waals surface area contributed by atoms with E-state index in [4.69, 9.17) is 16.9 Å².